The molecule has 0 saturated heterocycles. The van der Waals surface area contributed by atoms with E-state index in [0.29, 0.717) is 5.22 Å². The van der Waals surface area contributed by atoms with Crippen LogP contribution in [0.3, 0.4) is 0 Å². The van der Waals surface area contributed by atoms with Crippen LogP contribution in [-0.4, -0.2) is 16.8 Å². The summed E-state index contributed by atoms with van der Waals surface area (Å²) in [4.78, 5) is 0. The number of hydrogen-bond donors (Lipinski definition) is 1. The summed E-state index contributed by atoms with van der Waals surface area (Å²) in [6.45, 7) is 4.18. The monoisotopic (exact) mass is 331 g/mol. The lowest BCUT2D eigenvalue weighted by Gasteiger charge is -2.18. The standard InChI is InChI=1S/C12H15BrClN3O/c1-7(2)17-12(8(13)6-16-17)11(15-3)9-4-5-10(14)18-9/h4-7,11,15H,1-3H3. The van der Waals surface area contributed by atoms with Gasteiger partial charge in [-0.2, -0.15) is 5.10 Å². The first-order chi connectivity index (χ1) is 8.54. The first-order valence-corrected chi connectivity index (χ1v) is 6.87. The van der Waals surface area contributed by atoms with Crippen molar-refractivity contribution in [3.05, 3.63) is 39.5 Å². The average molecular weight is 333 g/mol. The van der Waals surface area contributed by atoms with Gasteiger partial charge in [0.1, 0.15) is 11.8 Å². The van der Waals surface area contributed by atoms with Gasteiger partial charge < -0.3 is 9.73 Å². The molecule has 0 spiro atoms. The zero-order chi connectivity index (χ0) is 13.3. The van der Waals surface area contributed by atoms with Gasteiger partial charge >= 0.3 is 0 Å². The van der Waals surface area contributed by atoms with E-state index in [1.54, 1.807) is 12.3 Å². The molecule has 18 heavy (non-hydrogen) atoms. The van der Waals surface area contributed by atoms with E-state index in [1.165, 1.54) is 0 Å². The van der Waals surface area contributed by atoms with Gasteiger partial charge in [0.05, 0.1) is 16.4 Å². The minimum absolute atomic E-state index is 0.0863. The Kier molecular flexibility index (Phi) is 4.14. The summed E-state index contributed by atoms with van der Waals surface area (Å²) in [6, 6.07) is 3.79. The average Bonchev–Trinajstić information content (AvgIpc) is 2.88. The predicted octanol–water partition coefficient (Wildman–Crippen LogP) is 3.78. The summed E-state index contributed by atoms with van der Waals surface area (Å²) in [5, 5.41) is 7.98. The van der Waals surface area contributed by atoms with Crippen LogP contribution in [0.25, 0.3) is 0 Å². The van der Waals surface area contributed by atoms with Gasteiger partial charge in [-0.3, -0.25) is 4.68 Å². The van der Waals surface area contributed by atoms with Gasteiger partial charge in [0.25, 0.3) is 0 Å². The summed E-state index contributed by atoms with van der Waals surface area (Å²) in [5.74, 6) is 0.769. The lowest BCUT2D eigenvalue weighted by Crippen LogP contribution is -2.22. The van der Waals surface area contributed by atoms with Gasteiger partial charge in [-0.15, -0.1) is 0 Å². The molecule has 0 aliphatic heterocycles. The summed E-state index contributed by atoms with van der Waals surface area (Å²) < 4.78 is 8.40. The van der Waals surface area contributed by atoms with Crippen molar-refractivity contribution in [3.8, 4) is 0 Å². The Morgan fingerprint density at radius 3 is 2.67 bits per heavy atom. The number of halogens is 2. The van der Waals surface area contributed by atoms with Crippen molar-refractivity contribution in [1.29, 1.82) is 0 Å². The molecule has 0 fully saturated rings. The molecule has 2 aromatic rings. The Morgan fingerprint density at radius 2 is 2.17 bits per heavy atom. The third kappa shape index (κ3) is 2.48. The number of rotatable bonds is 4. The Bertz CT molecular complexity index is 535. The largest absolute Gasteiger partial charge is 0.448 e. The molecule has 4 nitrogen and oxygen atoms in total. The zero-order valence-electron chi connectivity index (χ0n) is 10.4. The van der Waals surface area contributed by atoms with Gasteiger partial charge in [-0.05, 0) is 60.6 Å². The van der Waals surface area contributed by atoms with E-state index < -0.39 is 0 Å². The van der Waals surface area contributed by atoms with E-state index in [1.807, 2.05) is 17.8 Å². The second-order valence-electron chi connectivity index (χ2n) is 4.28. The van der Waals surface area contributed by atoms with E-state index in [2.05, 4.69) is 40.2 Å². The van der Waals surface area contributed by atoms with Crippen molar-refractivity contribution in [2.45, 2.75) is 25.9 Å². The Morgan fingerprint density at radius 1 is 1.44 bits per heavy atom. The summed E-state index contributed by atoms with van der Waals surface area (Å²) in [6.07, 6.45) is 1.80. The van der Waals surface area contributed by atoms with Crippen LogP contribution in [0.15, 0.2) is 27.2 Å². The third-order valence-electron chi connectivity index (χ3n) is 2.72. The molecule has 0 amide bonds. The number of nitrogens with zero attached hydrogens (tertiary/aromatic N) is 2. The molecular weight excluding hydrogens is 318 g/mol. The molecule has 0 aliphatic carbocycles. The second kappa shape index (κ2) is 5.47. The van der Waals surface area contributed by atoms with Crippen LogP contribution >= 0.6 is 27.5 Å². The predicted molar refractivity (Wildman–Crippen MR) is 74.9 cm³/mol. The smallest absolute Gasteiger partial charge is 0.193 e. The quantitative estimate of drug-likeness (QED) is 0.926. The van der Waals surface area contributed by atoms with Crippen LogP contribution in [0.1, 0.15) is 37.4 Å². The van der Waals surface area contributed by atoms with Gasteiger partial charge in [-0.1, -0.05) is 0 Å². The fraction of sp³-hybridized carbons (Fsp3) is 0.417. The molecule has 98 valence electrons. The fourth-order valence-corrected chi connectivity index (χ4v) is 2.58. The maximum Gasteiger partial charge on any atom is 0.193 e. The lowest BCUT2D eigenvalue weighted by molar-refractivity contribution is 0.426. The SMILES string of the molecule is CNC(c1ccc(Cl)o1)c1c(Br)cnn1C(C)C. The maximum atomic E-state index is 5.84. The molecule has 0 aliphatic rings. The highest BCUT2D eigenvalue weighted by Crippen LogP contribution is 2.31. The summed E-state index contributed by atoms with van der Waals surface area (Å²) in [5.41, 5.74) is 1.03. The molecule has 6 heteroatoms. The van der Waals surface area contributed by atoms with Crippen LogP contribution in [0.4, 0.5) is 0 Å². The molecule has 2 rings (SSSR count). The van der Waals surface area contributed by atoms with E-state index in [4.69, 9.17) is 16.0 Å². The van der Waals surface area contributed by atoms with E-state index in [-0.39, 0.29) is 12.1 Å². The summed E-state index contributed by atoms with van der Waals surface area (Å²) in [7, 11) is 1.88. The zero-order valence-corrected chi connectivity index (χ0v) is 12.8. The Hall–Kier alpha value is -0.780. The Labute approximate surface area is 119 Å². The first kappa shape index (κ1) is 13.6. The molecule has 0 bridgehead atoms. The molecule has 1 unspecified atom stereocenters. The van der Waals surface area contributed by atoms with Gasteiger partial charge in [0, 0.05) is 6.04 Å². The minimum atomic E-state index is -0.0863. The molecule has 0 radical (unpaired) electrons. The van der Waals surface area contributed by atoms with Crippen molar-refractivity contribution in [3.63, 3.8) is 0 Å². The van der Waals surface area contributed by atoms with Crippen molar-refractivity contribution in [1.82, 2.24) is 15.1 Å². The van der Waals surface area contributed by atoms with E-state index >= 15 is 0 Å². The van der Waals surface area contributed by atoms with E-state index in [9.17, 15) is 0 Å². The lowest BCUT2D eigenvalue weighted by atomic mass is 10.1. The van der Waals surface area contributed by atoms with Gasteiger partial charge in [-0.25, -0.2) is 0 Å². The molecule has 1 N–H and O–H groups in total. The normalized spacial score (nSPS) is 13.2. The maximum absolute atomic E-state index is 5.84. The third-order valence-corrected chi connectivity index (χ3v) is 3.53. The highest BCUT2D eigenvalue weighted by Gasteiger charge is 2.24. The van der Waals surface area contributed by atoms with Gasteiger partial charge in [0.2, 0.25) is 0 Å². The van der Waals surface area contributed by atoms with Crippen LogP contribution in [0.2, 0.25) is 5.22 Å². The van der Waals surface area contributed by atoms with Crippen molar-refractivity contribution in [2.24, 2.45) is 0 Å². The number of hydrogen-bond acceptors (Lipinski definition) is 3. The fourth-order valence-electron chi connectivity index (χ4n) is 1.93. The highest BCUT2D eigenvalue weighted by molar-refractivity contribution is 9.10. The number of furan rings is 1. The molecule has 0 aromatic carbocycles. The van der Waals surface area contributed by atoms with Crippen LogP contribution in [-0.2, 0) is 0 Å². The molecule has 0 saturated carbocycles. The minimum Gasteiger partial charge on any atom is -0.448 e. The first-order valence-electron chi connectivity index (χ1n) is 5.70. The Balaban J connectivity index is 2.47. The molecule has 2 heterocycles. The van der Waals surface area contributed by atoms with Crippen molar-refractivity contribution in [2.75, 3.05) is 7.05 Å². The second-order valence-corrected chi connectivity index (χ2v) is 5.51. The number of aromatic nitrogens is 2. The molecular formula is C12H15BrClN3O. The van der Waals surface area contributed by atoms with Crippen LogP contribution in [0, 0.1) is 0 Å². The molecule has 1 atom stereocenters. The highest BCUT2D eigenvalue weighted by atomic mass is 79.9. The van der Waals surface area contributed by atoms with E-state index in [0.717, 1.165) is 15.9 Å². The van der Waals surface area contributed by atoms with Crippen molar-refractivity contribution >= 4 is 27.5 Å². The van der Waals surface area contributed by atoms with Crippen LogP contribution < -0.4 is 5.32 Å². The van der Waals surface area contributed by atoms with Crippen LogP contribution in [0.5, 0.6) is 0 Å². The number of nitrogens with one attached hydrogen (secondary N) is 1. The molecule has 2 aromatic heterocycles. The van der Waals surface area contributed by atoms with Gasteiger partial charge in [0.15, 0.2) is 5.22 Å². The topological polar surface area (TPSA) is 43.0 Å². The summed E-state index contributed by atoms with van der Waals surface area (Å²) >= 11 is 9.37. The van der Waals surface area contributed by atoms with Crippen molar-refractivity contribution < 1.29 is 4.42 Å².